The van der Waals surface area contributed by atoms with E-state index in [9.17, 15) is 8.42 Å². The van der Waals surface area contributed by atoms with Gasteiger partial charge in [-0.05, 0) is 38.5 Å². The molecule has 2 unspecified atom stereocenters. The Morgan fingerprint density at radius 1 is 1.19 bits per heavy atom. The molecule has 2 rings (SSSR count). The summed E-state index contributed by atoms with van der Waals surface area (Å²) in [6, 6.07) is 1.12. The average Bonchev–Trinajstić information content (AvgIpc) is 2.37. The summed E-state index contributed by atoms with van der Waals surface area (Å²) in [5.74, 6) is 1.55. The van der Waals surface area contributed by atoms with Gasteiger partial charge in [-0.15, -0.1) is 0 Å². The SMILES string of the molecule is CCNS(=O)(=O)CCNC1C2CCCC1CN(C(C)C)C2. The summed E-state index contributed by atoms with van der Waals surface area (Å²) in [6.45, 7) is 9.71. The predicted octanol–water partition coefficient (Wildman–Crippen LogP) is 1.02. The lowest BCUT2D eigenvalue weighted by Gasteiger charge is -2.49. The molecule has 1 heterocycles. The molecule has 2 bridgehead atoms. The molecule has 1 aliphatic carbocycles. The van der Waals surface area contributed by atoms with Gasteiger partial charge in [0, 0.05) is 38.3 Å². The quantitative estimate of drug-likeness (QED) is 0.736. The first kappa shape index (κ1) is 17.2. The molecule has 2 atom stereocenters. The molecule has 0 aromatic heterocycles. The lowest BCUT2D eigenvalue weighted by atomic mass is 9.73. The van der Waals surface area contributed by atoms with Gasteiger partial charge in [-0.25, -0.2) is 13.1 Å². The predicted molar refractivity (Wildman–Crippen MR) is 86.8 cm³/mol. The van der Waals surface area contributed by atoms with E-state index in [4.69, 9.17) is 0 Å². The summed E-state index contributed by atoms with van der Waals surface area (Å²) < 4.78 is 26.0. The minimum atomic E-state index is -3.10. The van der Waals surface area contributed by atoms with Crippen molar-refractivity contribution in [2.24, 2.45) is 11.8 Å². The number of nitrogens with zero attached hydrogens (tertiary/aromatic N) is 1. The van der Waals surface area contributed by atoms with E-state index in [1.54, 1.807) is 0 Å². The van der Waals surface area contributed by atoms with Gasteiger partial charge in [0.1, 0.15) is 0 Å². The maximum Gasteiger partial charge on any atom is 0.212 e. The van der Waals surface area contributed by atoms with Crippen molar-refractivity contribution in [1.82, 2.24) is 14.9 Å². The molecule has 0 spiro atoms. The number of piperidine rings is 1. The minimum Gasteiger partial charge on any atom is -0.312 e. The van der Waals surface area contributed by atoms with Gasteiger partial charge in [0.25, 0.3) is 0 Å². The van der Waals surface area contributed by atoms with Gasteiger partial charge < -0.3 is 10.2 Å². The third-order valence-corrected chi connectivity index (χ3v) is 6.42. The lowest BCUT2D eigenvalue weighted by Crippen LogP contribution is -2.58. The Hall–Kier alpha value is -0.170. The molecule has 0 radical (unpaired) electrons. The summed E-state index contributed by atoms with van der Waals surface area (Å²) >= 11 is 0. The van der Waals surface area contributed by atoms with E-state index in [0.717, 1.165) is 13.1 Å². The van der Waals surface area contributed by atoms with Gasteiger partial charge >= 0.3 is 0 Å². The van der Waals surface area contributed by atoms with E-state index in [1.165, 1.54) is 19.3 Å². The fourth-order valence-corrected chi connectivity index (χ4v) is 4.85. The van der Waals surface area contributed by atoms with Crippen LogP contribution >= 0.6 is 0 Å². The molecule has 2 fully saturated rings. The smallest absolute Gasteiger partial charge is 0.212 e. The van der Waals surface area contributed by atoms with Gasteiger partial charge in [0.15, 0.2) is 0 Å². The van der Waals surface area contributed by atoms with E-state index in [1.807, 2.05) is 6.92 Å². The third-order valence-electron chi connectivity index (χ3n) is 4.95. The second-order valence-electron chi connectivity index (χ2n) is 6.80. The van der Waals surface area contributed by atoms with Crippen LogP contribution in [0.25, 0.3) is 0 Å². The molecule has 1 saturated carbocycles. The van der Waals surface area contributed by atoms with E-state index in [2.05, 4.69) is 28.8 Å². The first-order valence-electron chi connectivity index (χ1n) is 8.37. The van der Waals surface area contributed by atoms with Crippen molar-refractivity contribution in [1.29, 1.82) is 0 Å². The van der Waals surface area contributed by atoms with Gasteiger partial charge in [-0.1, -0.05) is 13.3 Å². The first-order chi connectivity index (χ1) is 9.93. The number of rotatable bonds is 7. The molecule has 2 N–H and O–H groups in total. The Labute approximate surface area is 129 Å². The topological polar surface area (TPSA) is 61.4 Å². The normalized spacial score (nSPS) is 30.8. The van der Waals surface area contributed by atoms with Crippen LogP contribution in [0.1, 0.15) is 40.0 Å². The largest absolute Gasteiger partial charge is 0.312 e. The summed E-state index contributed by atoms with van der Waals surface area (Å²) in [5.41, 5.74) is 0. The number of nitrogens with one attached hydrogen (secondary N) is 2. The summed E-state index contributed by atoms with van der Waals surface area (Å²) in [4.78, 5) is 2.59. The van der Waals surface area contributed by atoms with Crippen molar-refractivity contribution in [3.05, 3.63) is 0 Å². The zero-order valence-electron chi connectivity index (χ0n) is 13.6. The van der Waals surface area contributed by atoms with Crippen molar-refractivity contribution >= 4 is 10.0 Å². The zero-order chi connectivity index (χ0) is 15.5. The maximum atomic E-state index is 11.7. The maximum absolute atomic E-state index is 11.7. The van der Waals surface area contributed by atoms with Gasteiger partial charge in [0.05, 0.1) is 5.75 Å². The lowest BCUT2D eigenvalue weighted by molar-refractivity contribution is 0.0305. The monoisotopic (exact) mass is 317 g/mol. The van der Waals surface area contributed by atoms with Crippen LogP contribution in [-0.2, 0) is 10.0 Å². The van der Waals surface area contributed by atoms with Crippen LogP contribution in [0.4, 0.5) is 0 Å². The van der Waals surface area contributed by atoms with Crippen LogP contribution in [0.15, 0.2) is 0 Å². The van der Waals surface area contributed by atoms with Crippen LogP contribution in [-0.4, -0.2) is 57.3 Å². The minimum absolute atomic E-state index is 0.185. The van der Waals surface area contributed by atoms with Crippen molar-refractivity contribution in [3.63, 3.8) is 0 Å². The second-order valence-corrected chi connectivity index (χ2v) is 8.72. The Bertz CT molecular complexity index is 411. The molecule has 0 aromatic carbocycles. The molecule has 0 amide bonds. The molecule has 0 aromatic rings. The van der Waals surface area contributed by atoms with Gasteiger partial charge in [0.2, 0.25) is 10.0 Å². The van der Waals surface area contributed by atoms with Crippen molar-refractivity contribution in [2.75, 3.05) is 31.9 Å². The summed E-state index contributed by atoms with van der Waals surface area (Å²) in [5, 5.41) is 3.55. The highest BCUT2D eigenvalue weighted by Crippen LogP contribution is 2.35. The molecule has 1 saturated heterocycles. The fourth-order valence-electron chi connectivity index (χ4n) is 3.88. The standard InChI is InChI=1S/C15H31N3O2S/c1-4-17-21(19,20)9-8-16-15-13-6-5-7-14(15)11-18(10-13)12(2)3/h12-17H,4-11H2,1-3H3. The highest BCUT2D eigenvalue weighted by Gasteiger charge is 2.39. The van der Waals surface area contributed by atoms with E-state index in [0.29, 0.717) is 37.0 Å². The van der Waals surface area contributed by atoms with Gasteiger partial charge in [-0.3, -0.25) is 0 Å². The Balaban J connectivity index is 1.86. The van der Waals surface area contributed by atoms with Crippen LogP contribution in [0.2, 0.25) is 0 Å². The summed E-state index contributed by atoms with van der Waals surface area (Å²) in [7, 11) is -3.10. The van der Waals surface area contributed by atoms with Crippen molar-refractivity contribution in [3.8, 4) is 0 Å². The van der Waals surface area contributed by atoms with Crippen LogP contribution < -0.4 is 10.0 Å². The van der Waals surface area contributed by atoms with E-state index < -0.39 is 10.0 Å². The molecule has 1 aliphatic heterocycles. The molecule has 5 nitrogen and oxygen atoms in total. The van der Waals surface area contributed by atoms with Crippen LogP contribution in [0.5, 0.6) is 0 Å². The van der Waals surface area contributed by atoms with Crippen molar-refractivity contribution < 1.29 is 8.42 Å². The Kier molecular flexibility index (Phi) is 6.05. The number of likely N-dealkylation sites (tertiary alicyclic amines) is 1. The second kappa shape index (κ2) is 7.40. The molecular weight excluding hydrogens is 286 g/mol. The molecule has 21 heavy (non-hydrogen) atoms. The summed E-state index contributed by atoms with van der Waals surface area (Å²) in [6.07, 6.45) is 3.88. The van der Waals surface area contributed by atoms with E-state index >= 15 is 0 Å². The number of hydrogen-bond acceptors (Lipinski definition) is 4. The highest BCUT2D eigenvalue weighted by atomic mass is 32.2. The third kappa shape index (κ3) is 4.65. The first-order valence-corrected chi connectivity index (χ1v) is 10.0. The average molecular weight is 317 g/mol. The van der Waals surface area contributed by atoms with Crippen LogP contribution in [0, 0.1) is 11.8 Å². The number of hydrogen-bond donors (Lipinski definition) is 2. The highest BCUT2D eigenvalue weighted by molar-refractivity contribution is 7.89. The molecule has 2 aliphatic rings. The zero-order valence-corrected chi connectivity index (χ0v) is 14.5. The van der Waals surface area contributed by atoms with Crippen molar-refractivity contribution in [2.45, 2.75) is 52.1 Å². The Morgan fingerprint density at radius 3 is 2.33 bits per heavy atom. The molecule has 124 valence electrons. The molecule has 6 heteroatoms. The van der Waals surface area contributed by atoms with Crippen LogP contribution in [0.3, 0.4) is 0 Å². The molecular formula is C15H31N3O2S. The van der Waals surface area contributed by atoms with E-state index in [-0.39, 0.29) is 5.75 Å². The number of fused-ring (bicyclic) bond motifs is 2. The number of sulfonamides is 1. The van der Waals surface area contributed by atoms with Gasteiger partial charge in [-0.2, -0.15) is 0 Å². The Morgan fingerprint density at radius 2 is 1.81 bits per heavy atom. The fraction of sp³-hybridized carbons (Fsp3) is 1.00.